The number of rotatable bonds is 9. The Labute approximate surface area is 203 Å². The SMILES string of the molecule is CCNC(=NCc1ccccc1CN1CCOCC1)NCC(C)Oc1ccccc1.I. The maximum Gasteiger partial charge on any atom is 0.191 e. The van der Waals surface area contributed by atoms with Gasteiger partial charge in [-0.25, -0.2) is 4.99 Å². The molecule has 1 unspecified atom stereocenters. The summed E-state index contributed by atoms with van der Waals surface area (Å²) in [6.45, 7) is 10.8. The van der Waals surface area contributed by atoms with Crippen LogP contribution in [0.25, 0.3) is 0 Å². The molecule has 0 aromatic heterocycles. The summed E-state index contributed by atoms with van der Waals surface area (Å²) in [5.41, 5.74) is 2.59. The van der Waals surface area contributed by atoms with Gasteiger partial charge in [-0.2, -0.15) is 0 Å². The number of nitrogens with one attached hydrogen (secondary N) is 2. The van der Waals surface area contributed by atoms with E-state index < -0.39 is 0 Å². The van der Waals surface area contributed by atoms with Crippen molar-refractivity contribution >= 4 is 29.9 Å². The minimum atomic E-state index is 0. The molecule has 1 heterocycles. The Hall–Kier alpha value is -1.84. The topological polar surface area (TPSA) is 58.1 Å². The predicted molar refractivity (Wildman–Crippen MR) is 137 cm³/mol. The Morgan fingerprint density at radius 3 is 2.42 bits per heavy atom. The number of para-hydroxylation sites is 1. The molecule has 1 aliphatic heterocycles. The van der Waals surface area contributed by atoms with E-state index in [0.29, 0.717) is 13.1 Å². The molecule has 2 aromatic rings. The van der Waals surface area contributed by atoms with Crippen LogP contribution in [-0.2, 0) is 17.8 Å². The van der Waals surface area contributed by atoms with Gasteiger partial charge in [-0.3, -0.25) is 4.90 Å². The van der Waals surface area contributed by atoms with Gasteiger partial charge < -0.3 is 20.1 Å². The van der Waals surface area contributed by atoms with Gasteiger partial charge in [-0.05, 0) is 37.1 Å². The second-order valence-electron chi connectivity index (χ2n) is 7.47. The van der Waals surface area contributed by atoms with Gasteiger partial charge in [0.25, 0.3) is 0 Å². The molecule has 1 atom stereocenters. The number of morpholine rings is 1. The summed E-state index contributed by atoms with van der Waals surface area (Å²) in [7, 11) is 0. The molecule has 3 rings (SSSR count). The number of aliphatic imine (C=N–C) groups is 1. The normalized spacial score (nSPS) is 15.6. The van der Waals surface area contributed by atoms with Gasteiger partial charge in [0, 0.05) is 26.2 Å². The minimum Gasteiger partial charge on any atom is -0.489 e. The Morgan fingerprint density at radius 1 is 1.03 bits per heavy atom. The Bertz CT molecular complexity index is 782. The maximum absolute atomic E-state index is 5.95. The average Bonchev–Trinajstić information content (AvgIpc) is 2.78. The highest BCUT2D eigenvalue weighted by Crippen LogP contribution is 2.14. The summed E-state index contributed by atoms with van der Waals surface area (Å²) in [6, 6.07) is 18.5. The van der Waals surface area contributed by atoms with Crippen LogP contribution in [0.2, 0.25) is 0 Å². The molecule has 6 nitrogen and oxygen atoms in total. The van der Waals surface area contributed by atoms with Gasteiger partial charge in [0.05, 0.1) is 26.3 Å². The van der Waals surface area contributed by atoms with Gasteiger partial charge >= 0.3 is 0 Å². The zero-order valence-electron chi connectivity index (χ0n) is 18.5. The Balaban J connectivity index is 0.00000341. The highest BCUT2D eigenvalue weighted by molar-refractivity contribution is 14.0. The van der Waals surface area contributed by atoms with Crippen molar-refractivity contribution in [3.63, 3.8) is 0 Å². The summed E-state index contributed by atoms with van der Waals surface area (Å²) >= 11 is 0. The van der Waals surface area contributed by atoms with Crippen molar-refractivity contribution in [2.24, 2.45) is 4.99 Å². The number of ether oxygens (including phenoxy) is 2. The molecule has 170 valence electrons. The molecular formula is C24H35IN4O2. The monoisotopic (exact) mass is 538 g/mol. The molecule has 7 heteroatoms. The fourth-order valence-electron chi connectivity index (χ4n) is 3.39. The van der Waals surface area contributed by atoms with E-state index in [0.717, 1.165) is 51.1 Å². The molecule has 0 saturated carbocycles. The van der Waals surface area contributed by atoms with E-state index in [-0.39, 0.29) is 30.1 Å². The van der Waals surface area contributed by atoms with E-state index in [2.05, 4.69) is 53.6 Å². The molecule has 1 aliphatic rings. The van der Waals surface area contributed by atoms with E-state index in [9.17, 15) is 0 Å². The first-order chi connectivity index (χ1) is 14.7. The van der Waals surface area contributed by atoms with Crippen molar-refractivity contribution < 1.29 is 9.47 Å². The third kappa shape index (κ3) is 9.04. The molecule has 2 N–H and O–H groups in total. The van der Waals surface area contributed by atoms with Crippen LogP contribution in [0.1, 0.15) is 25.0 Å². The van der Waals surface area contributed by atoms with Gasteiger partial charge in [0.15, 0.2) is 5.96 Å². The lowest BCUT2D eigenvalue weighted by Gasteiger charge is -2.27. The van der Waals surface area contributed by atoms with Crippen molar-refractivity contribution in [2.45, 2.75) is 33.0 Å². The fraction of sp³-hybridized carbons (Fsp3) is 0.458. The predicted octanol–water partition coefficient (Wildman–Crippen LogP) is 3.66. The molecule has 1 fully saturated rings. The van der Waals surface area contributed by atoms with Crippen LogP contribution < -0.4 is 15.4 Å². The van der Waals surface area contributed by atoms with Gasteiger partial charge in [0.1, 0.15) is 11.9 Å². The second-order valence-corrected chi connectivity index (χ2v) is 7.47. The van der Waals surface area contributed by atoms with Crippen molar-refractivity contribution in [2.75, 3.05) is 39.4 Å². The number of benzene rings is 2. The van der Waals surface area contributed by atoms with Crippen molar-refractivity contribution in [3.05, 3.63) is 65.7 Å². The summed E-state index contributed by atoms with van der Waals surface area (Å²) < 4.78 is 11.4. The number of hydrogen-bond donors (Lipinski definition) is 2. The van der Waals surface area contributed by atoms with Crippen molar-refractivity contribution in [1.29, 1.82) is 0 Å². The molecular weight excluding hydrogens is 503 g/mol. The highest BCUT2D eigenvalue weighted by Gasteiger charge is 2.13. The van der Waals surface area contributed by atoms with Gasteiger partial charge in [0.2, 0.25) is 0 Å². The third-order valence-corrected chi connectivity index (χ3v) is 5.01. The van der Waals surface area contributed by atoms with E-state index in [1.54, 1.807) is 0 Å². The average molecular weight is 538 g/mol. The van der Waals surface area contributed by atoms with Crippen LogP contribution in [0.4, 0.5) is 0 Å². The molecule has 0 spiro atoms. The maximum atomic E-state index is 5.95. The summed E-state index contributed by atoms with van der Waals surface area (Å²) in [6.07, 6.45) is 0.0323. The Kier molecular flexibility index (Phi) is 11.7. The van der Waals surface area contributed by atoms with E-state index in [1.165, 1.54) is 11.1 Å². The lowest BCUT2D eigenvalue weighted by molar-refractivity contribution is 0.0341. The van der Waals surface area contributed by atoms with E-state index in [4.69, 9.17) is 14.5 Å². The summed E-state index contributed by atoms with van der Waals surface area (Å²) in [4.78, 5) is 7.25. The number of guanidine groups is 1. The summed E-state index contributed by atoms with van der Waals surface area (Å²) in [5, 5.41) is 6.73. The Morgan fingerprint density at radius 2 is 1.71 bits per heavy atom. The quantitative estimate of drug-likeness (QED) is 0.290. The molecule has 0 amide bonds. The van der Waals surface area contributed by atoms with Crippen LogP contribution in [0, 0.1) is 0 Å². The van der Waals surface area contributed by atoms with Crippen molar-refractivity contribution in [3.8, 4) is 5.75 Å². The van der Waals surface area contributed by atoms with Crippen LogP contribution in [-0.4, -0.2) is 56.4 Å². The first-order valence-corrected chi connectivity index (χ1v) is 10.9. The van der Waals surface area contributed by atoms with Crippen LogP contribution in [0.5, 0.6) is 5.75 Å². The highest BCUT2D eigenvalue weighted by atomic mass is 127. The summed E-state index contributed by atoms with van der Waals surface area (Å²) in [5.74, 6) is 1.69. The molecule has 0 radical (unpaired) electrons. The van der Waals surface area contributed by atoms with Crippen LogP contribution in [0.3, 0.4) is 0 Å². The zero-order chi connectivity index (χ0) is 21.0. The van der Waals surface area contributed by atoms with Crippen LogP contribution in [0.15, 0.2) is 59.6 Å². The van der Waals surface area contributed by atoms with E-state index >= 15 is 0 Å². The van der Waals surface area contributed by atoms with Gasteiger partial charge in [-0.1, -0.05) is 42.5 Å². The smallest absolute Gasteiger partial charge is 0.191 e. The third-order valence-electron chi connectivity index (χ3n) is 5.01. The number of halogens is 1. The molecule has 0 bridgehead atoms. The largest absolute Gasteiger partial charge is 0.489 e. The van der Waals surface area contributed by atoms with Gasteiger partial charge in [-0.15, -0.1) is 24.0 Å². The van der Waals surface area contributed by atoms with Crippen LogP contribution >= 0.6 is 24.0 Å². The zero-order valence-corrected chi connectivity index (χ0v) is 20.9. The lowest BCUT2D eigenvalue weighted by Crippen LogP contribution is -2.41. The molecule has 0 aliphatic carbocycles. The number of nitrogens with zero attached hydrogens (tertiary/aromatic N) is 2. The molecule has 2 aromatic carbocycles. The molecule has 31 heavy (non-hydrogen) atoms. The second kappa shape index (κ2) is 14.3. The van der Waals surface area contributed by atoms with E-state index in [1.807, 2.05) is 30.3 Å². The standard InChI is InChI=1S/C24H34N4O2.HI/c1-3-25-24(26-17-20(2)30-23-11-5-4-6-12-23)27-18-21-9-7-8-10-22(21)19-28-13-15-29-16-14-28;/h4-12,20H,3,13-19H2,1-2H3,(H2,25,26,27);1H. The number of hydrogen-bond acceptors (Lipinski definition) is 4. The molecule has 1 saturated heterocycles. The lowest BCUT2D eigenvalue weighted by atomic mass is 10.1. The first-order valence-electron chi connectivity index (χ1n) is 10.9. The minimum absolute atomic E-state index is 0. The van der Waals surface area contributed by atoms with Crippen molar-refractivity contribution in [1.82, 2.24) is 15.5 Å². The first kappa shape index (κ1) is 25.4. The fourth-order valence-corrected chi connectivity index (χ4v) is 3.39.